The minimum atomic E-state index is -0.111. The predicted molar refractivity (Wildman–Crippen MR) is 52.4 cm³/mol. The Hall–Kier alpha value is -1.12. The van der Waals surface area contributed by atoms with Crippen LogP contribution in [-0.2, 0) is 0 Å². The van der Waals surface area contributed by atoms with Gasteiger partial charge in [-0.05, 0) is 19.9 Å². The van der Waals surface area contributed by atoms with Crippen molar-refractivity contribution in [1.29, 1.82) is 0 Å². The molecule has 0 aliphatic heterocycles. The molecule has 1 rings (SSSR count). The number of aryl methyl sites for hydroxylation is 2. The first-order chi connectivity index (χ1) is 5.61. The molecule has 12 heavy (non-hydrogen) atoms. The lowest BCUT2D eigenvalue weighted by molar-refractivity contribution is 0.929. The van der Waals surface area contributed by atoms with Crippen molar-refractivity contribution in [3.63, 3.8) is 0 Å². The van der Waals surface area contributed by atoms with Crippen LogP contribution in [0.15, 0.2) is 10.9 Å². The van der Waals surface area contributed by atoms with Gasteiger partial charge in [-0.1, -0.05) is 20.3 Å². The highest BCUT2D eigenvalue weighted by Gasteiger charge is 1.90. The fraction of sp³-hybridized carbons (Fsp3) is 0.556. The number of aromatic nitrogens is 2. The van der Waals surface area contributed by atoms with E-state index in [9.17, 15) is 4.79 Å². The molecule has 0 bridgehead atoms. The summed E-state index contributed by atoms with van der Waals surface area (Å²) in [6, 6.07) is 1.75. The maximum atomic E-state index is 10.7. The zero-order valence-corrected chi connectivity index (χ0v) is 8.14. The highest BCUT2D eigenvalue weighted by Crippen LogP contribution is 1.88. The third-order valence-electron chi connectivity index (χ3n) is 1.12. The minimum absolute atomic E-state index is 0. The quantitative estimate of drug-likeness (QED) is 0.647. The molecule has 0 radical (unpaired) electrons. The molecule has 0 aromatic carbocycles. The average molecular weight is 170 g/mol. The summed E-state index contributed by atoms with van der Waals surface area (Å²) < 4.78 is 0. The van der Waals surface area contributed by atoms with Crippen LogP contribution in [0.4, 0.5) is 0 Å². The summed E-state index contributed by atoms with van der Waals surface area (Å²) >= 11 is 0. The smallest absolute Gasteiger partial charge is 0.267 e. The molecule has 0 fully saturated rings. The number of hydrogen-bond donors (Lipinski definition) is 1. The normalized spacial score (nSPS) is 8.67. The molecule has 1 heterocycles. The van der Waals surface area contributed by atoms with Crippen molar-refractivity contribution < 1.29 is 1.43 Å². The summed E-state index contributed by atoms with van der Waals surface area (Å²) in [5.74, 6) is 0. The van der Waals surface area contributed by atoms with Crippen LogP contribution in [0.5, 0.6) is 0 Å². The van der Waals surface area contributed by atoms with Gasteiger partial charge in [0.1, 0.15) is 0 Å². The van der Waals surface area contributed by atoms with Gasteiger partial charge in [-0.25, -0.2) is 5.10 Å². The van der Waals surface area contributed by atoms with Gasteiger partial charge >= 0.3 is 0 Å². The van der Waals surface area contributed by atoms with E-state index in [1.807, 2.05) is 6.92 Å². The lowest BCUT2D eigenvalue weighted by atomic mass is 10.3. The van der Waals surface area contributed by atoms with E-state index < -0.39 is 0 Å². The Balaban J connectivity index is 0. The first-order valence-electron chi connectivity index (χ1n) is 4.14. The molecule has 3 heteroatoms. The highest BCUT2D eigenvalue weighted by atomic mass is 16.1. The molecule has 0 aliphatic carbocycles. The maximum absolute atomic E-state index is 10.7. The lowest BCUT2D eigenvalue weighted by Crippen LogP contribution is -2.11. The van der Waals surface area contributed by atoms with Crippen molar-refractivity contribution >= 4 is 0 Å². The van der Waals surface area contributed by atoms with Crippen LogP contribution < -0.4 is 5.56 Å². The number of aromatic amines is 1. The summed E-state index contributed by atoms with van der Waals surface area (Å²) in [6.07, 6.45) is 1.25. The monoisotopic (exact) mass is 170 g/mol. The van der Waals surface area contributed by atoms with E-state index in [0.29, 0.717) is 5.56 Å². The Morgan fingerprint density at radius 2 is 2.00 bits per heavy atom. The van der Waals surface area contributed by atoms with Crippen molar-refractivity contribution in [3.8, 4) is 0 Å². The van der Waals surface area contributed by atoms with Crippen LogP contribution >= 0.6 is 0 Å². The van der Waals surface area contributed by atoms with Crippen LogP contribution in [0.1, 0.15) is 33.0 Å². The van der Waals surface area contributed by atoms with Crippen molar-refractivity contribution in [2.24, 2.45) is 0 Å². The van der Waals surface area contributed by atoms with Crippen molar-refractivity contribution in [3.05, 3.63) is 27.7 Å². The average Bonchev–Trinajstić information content (AvgIpc) is 1.99. The number of nitrogens with one attached hydrogen (secondary N) is 1. The SMILES string of the molecule is CCC.Cc1cc(C)c(=O)[nH]n1.[HH]. The van der Waals surface area contributed by atoms with E-state index in [2.05, 4.69) is 24.0 Å². The molecule has 0 unspecified atom stereocenters. The van der Waals surface area contributed by atoms with E-state index in [1.165, 1.54) is 6.42 Å². The van der Waals surface area contributed by atoms with Gasteiger partial charge in [-0.3, -0.25) is 4.79 Å². The van der Waals surface area contributed by atoms with Gasteiger partial charge in [0.2, 0.25) is 0 Å². The second kappa shape index (κ2) is 5.52. The van der Waals surface area contributed by atoms with Gasteiger partial charge in [0, 0.05) is 6.99 Å². The lowest BCUT2D eigenvalue weighted by Gasteiger charge is -1.89. The summed E-state index contributed by atoms with van der Waals surface area (Å²) in [4.78, 5) is 10.7. The molecule has 0 amide bonds. The summed E-state index contributed by atoms with van der Waals surface area (Å²) in [5.41, 5.74) is 1.44. The predicted octanol–water partition coefficient (Wildman–Crippen LogP) is 2.05. The van der Waals surface area contributed by atoms with Gasteiger partial charge in [0.05, 0.1) is 5.69 Å². The second-order valence-corrected chi connectivity index (χ2v) is 2.73. The summed E-state index contributed by atoms with van der Waals surface area (Å²) in [6.45, 7) is 7.84. The fourth-order valence-electron chi connectivity index (χ4n) is 0.638. The minimum Gasteiger partial charge on any atom is -0.268 e. The van der Waals surface area contributed by atoms with Crippen molar-refractivity contribution in [1.82, 2.24) is 10.2 Å². The summed E-state index contributed by atoms with van der Waals surface area (Å²) in [7, 11) is 0. The van der Waals surface area contributed by atoms with Crippen LogP contribution in [0.3, 0.4) is 0 Å². The van der Waals surface area contributed by atoms with E-state index in [-0.39, 0.29) is 6.99 Å². The Morgan fingerprint density at radius 1 is 1.50 bits per heavy atom. The first-order valence-corrected chi connectivity index (χ1v) is 4.14. The maximum Gasteiger partial charge on any atom is 0.267 e. The first kappa shape index (κ1) is 10.9. The molecule has 0 saturated carbocycles. The fourth-order valence-corrected chi connectivity index (χ4v) is 0.638. The van der Waals surface area contributed by atoms with Crippen LogP contribution in [0.25, 0.3) is 0 Å². The second-order valence-electron chi connectivity index (χ2n) is 2.73. The highest BCUT2D eigenvalue weighted by molar-refractivity contribution is 5.08. The van der Waals surface area contributed by atoms with Crippen LogP contribution in [-0.4, -0.2) is 10.2 Å². The van der Waals surface area contributed by atoms with Crippen LogP contribution in [0, 0.1) is 13.8 Å². The van der Waals surface area contributed by atoms with Gasteiger partial charge in [-0.15, -0.1) is 0 Å². The van der Waals surface area contributed by atoms with Gasteiger partial charge in [0.15, 0.2) is 0 Å². The molecular formula is C9H18N2O. The number of rotatable bonds is 0. The molecule has 0 aliphatic rings. The molecule has 0 spiro atoms. The molecule has 70 valence electrons. The molecule has 3 nitrogen and oxygen atoms in total. The zero-order valence-electron chi connectivity index (χ0n) is 8.14. The largest absolute Gasteiger partial charge is 0.268 e. The standard InChI is InChI=1S/C6H8N2O.C3H8.H2/c1-4-3-5(2)7-8-6(4)9;1-3-2;/h3H,1-2H3,(H,8,9);3H2,1-2H3;1H. The Kier molecular flexibility index (Phi) is 5.00. The van der Waals surface area contributed by atoms with Gasteiger partial charge in [0.25, 0.3) is 5.56 Å². The van der Waals surface area contributed by atoms with E-state index >= 15 is 0 Å². The molecule has 1 aromatic heterocycles. The molecule has 0 saturated heterocycles. The van der Waals surface area contributed by atoms with Gasteiger partial charge < -0.3 is 0 Å². The molecule has 1 N–H and O–H groups in total. The van der Waals surface area contributed by atoms with Crippen LogP contribution in [0.2, 0.25) is 0 Å². The van der Waals surface area contributed by atoms with Crippen molar-refractivity contribution in [2.45, 2.75) is 34.1 Å². The Labute approximate surface area is 74.3 Å². The number of H-pyrrole nitrogens is 1. The third kappa shape index (κ3) is 3.91. The number of nitrogens with zero attached hydrogens (tertiary/aromatic N) is 1. The summed E-state index contributed by atoms with van der Waals surface area (Å²) in [5, 5.41) is 6.06. The third-order valence-corrected chi connectivity index (χ3v) is 1.12. The number of hydrogen-bond acceptors (Lipinski definition) is 2. The van der Waals surface area contributed by atoms with E-state index in [0.717, 1.165) is 5.69 Å². The topological polar surface area (TPSA) is 45.8 Å². The molecule has 1 aromatic rings. The van der Waals surface area contributed by atoms with E-state index in [1.54, 1.807) is 13.0 Å². The Morgan fingerprint density at radius 3 is 2.33 bits per heavy atom. The molecular weight excluding hydrogens is 152 g/mol. The van der Waals surface area contributed by atoms with Crippen molar-refractivity contribution in [2.75, 3.05) is 0 Å². The molecule has 0 atom stereocenters. The Bertz CT molecular complexity index is 283. The van der Waals surface area contributed by atoms with Gasteiger partial charge in [-0.2, -0.15) is 5.10 Å². The van der Waals surface area contributed by atoms with E-state index in [4.69, 9.17) is 0 Å². The zero-order chi connectivity index (χ0) is 9.56.